The molecule has 4 rings (SSSR count). The predicted molar refractivity (Wildman–Crippen MR) is 225 cm³/mol. The second-order valence-electron chi connectivity index (χ2n) is 16.3. The van der Waals surface area contributed by atoms with Crippen LogP contribution in [0.5, 0.6) is 5.75 Å². The van der Waals surface area contributed by atoms with Crippen LogP contribution in [-0.2, 0) is 43.4 Å². The number of benzene rings is 3. The largest absolute Gasteiger partial charge is 0.508 e. The van der Waals surface area contributed by atoms with Crippen molar-refractivity contribution in [3.8, 4) is 5.75 Å². The Kier molecular flexibility index (Phi) is 18.0. The molecule has 3 aromatic carbocycles. The molecule has 0 aromatic heterocycles. The molecule has 0 aliphatic carbocycles. The molecule has 0 saturated carbocycles. The maximum atomic E-state index is 14.2. The van der Waals surface area contributed by atoms with Gasteiger partial charge in [-0.15, -0.1) is 0 Å². The minimum absolute atomic E-state index is 0.0107. The summed E-state index contributed by atoms with van der Waals surface area (Å²) >= 11 is 0. The molecule has 0 radical (unpaired) electrons. The van der Waals surface area contributed by atoms with E-state index in [-0.39, 0.29) is 55.7 Å². The number of nitrogens with one attached hydrogen (secondary N) is 5. The van der Waals surface area contributed by atoms with Gasteiger partial charge in [0.15, 0.2) is 0 Å². The number of amides is 5. The number of nitrogens with zero attached hydrogens (tertiary/aromatic N) is 1. The monoisotopic (exact) mass is 814 g/mol. The van der Waals surface area contributed by atoms with Gasteiger partial charge < -0.3 is 41.2 Å². The van der Waals surface area contributed by atoms with Crippen molar-refractivity contribution in [3.63, 3.8) is 0 Å². The summed E-state index contributed by atoms with van der Waals surface area (Å²) in [5, 5.41) is 24.4. The van der Waals surface area contributed by atoms with Crippen LogP contribution in [0.25, 0.3) is 0 Å². The molecule has 0 unspecified atom stereocenters. The van der Waals surface area contributed by atoms with Crippen LogP contribution in [0.2, 0.25) is 0 Å². The fourth-order valence-electron chi connectivity index (χ4n) is 6.71. The number of likely N-dealkylation sites (tertiary alicyclic amines) is 1. The first-order valence-corrected chi connectivity index (χ1v) is 20.5. The second-order valence-corrected chi connectivity index (χ2v) is 16.3. The zero-order valence-corrected chi connectivity index (χ0v) is 35.0. The van der Waals surface area contributed by atoms with E-state index < -0.39 is 41.7 Å². The van der Waals surface area contributed by atoms with E-state index in [1.165, 1.54) is 12.1 Å². The third-order valence-electron chi connectivity index (χ3n) is 9.96. The van der Waals surface area contributed by atoms with E-state index in [4.69, 9.17) is 9.47 Å². The summed E-state index contributed by atoms with van der Waals surface area (Å²) in [7, 11) is 0. The van der Waals surface area contributed by atoms with Crippen LogP contribution < -0.4 is 26.6 Å². The molecule has 0 spiro atoms. The Morgan fingerprint density at radius 1 is 0.763 bits per heavy atom. The SMILES string of the molecule is CC(C)[C@@H](CN1CCC[C@H]1C(=O)NCc1ccccc1)NC(=O)[C@H](Cc1ccc(O)cc1)NC(=O)[C@H](CCCCNC(=O)OCc1ccccc1)NC(=O)OC(C)(C)C. The minimum atomic E-state index is -1.06. The van der Waals surface area contributed by atoms with Gasteiger partial charge in [-0.3, -0.25) is 19.3 Å². The Labute approximate surface area is 348 Å². The first-order chi connectivity index (χ1) is 28.2. The van der Waals surface area contributed by atoms with Crippen LogP contribution in [0.15, 0.2) is 84.9 Å². The third-order valence-corrected chi connectivity index (χ3v) is 9.96. The summed E-state index contributed by atoms with van der Waals surface area (Å²) in [6.45, 7) is 11.1. The molecule has 0 bridgehead atoms. The number of alkyl carbamates (subject to hydrolysis) is 2. The second kappa shape index (κ2) is 23.1. The lowest BCUT2D eigenvalue weighted by atomic mass is 10.00. The van der Waals surface area contributed by atoms with E-state index in [2.05, 4.69) is 31.5 Å². The van der Waals surface area contributed by atoms with Gasteiger partial charge in [-0.1, -0.05) is 86.6 Å². The van der Waals surface area contributed by atoms with Crippen molar-refractivity contribution < 1.29 is 38.6 Å². The average Bonchev–Trinajstić information content (AvgIpc) is 3.67. The Morgan fingerprint density at radius 2 is 1.41 bits per heavy atom. The number of unbranched alkanes of at least 4 members (excludes halogenated alkanes) is 1. The van der Waals surface area contributed by atoms with Crippen molar-refractivity contribution >= 4 is 29.9 Å². The van der Waals surface area contributed by atoms with Gasteiger partial charge in [-0.25, -0.2) is 9.59 Å². The van der Waals surface area contributed by atoms with E-state index in [9.17, 15) is 29.1 Å². The maximum absolute atomic E-state index is 14.2. The topological polar surface area (TPSA) is 187 Å². The summed E-state index contributed by atoms with van der Waals surface area (Å²) in [4.78, 5) is 68.9. The fraction of sp³-hybridized carbons (Fsp3) is 0.489. The van der Waals surface area contributed by atoms with Crippen molar-refractivity contribution in [2.75, 3.05) is 19.6 Å². The van der Waals surface area contributed by atoms with E-state index >= 15 is 0 Å². The van der Waals surface area contributed by atoms with E-state index in [0.29, 0.717) is 44.5 Å². The van der Waals surface area contributed by atoms with Crippen molar-refractivity contribution in [1.29, 1.82) is 0 Å². The van der Waals surface area contributed by atoms with Crippen LogP contribution in [0, 0.1) is 5.92 Å². The molecule has 5 amide bonds. The fourth-order valence-corrected chi connectivity index (χ4v) is 6.71. The number of carbonyl (C=O) groups is 5. The molecule has 14 heteroatoms. The van der Waals surface area contributed by atoms with Gasteiger partial charge in [-0.2, -0.15) is 0 Å². The van der Waals surface area contributed by atoms with Crippen LogP contribution >= 0.6 is 0 Å². The summed E-state index contributed by atoms with van der Waals surface area (Å²) in [5.74, 6) is -1.01. The highest BCUT2D eigenvalue weighted by atomic mass is 16.6. The Bertz CT molecular complexity index is 1790. The molecule has 3 aromatic rings. The van der Waals surface area contributed by atoms with Gasteiger partial charge in [0, 0.05) is 32.1 Å². The van der Waals surface area contributed by atoms with Crippen LogP contribution in [0.3, 0.4) is 0 Å². The quantitative estimate of drug-likeness (QED) is 0.0820. The average molecular weight is 815 g/mol. The van der Waals surface area contributed by atoms with Crippen LogP contribution in [0.4, 0.5) is 9.59 Å². The number of carbonyl (C=O) groups excluding carboxylic acids is 5. The lowest BCUT2D eigenvalue weighted by molar-refractivity contribution is -0.131. The maximum Gasteiger partial charge on any atom is 0.408 e. The molecule has 1 fully saturated rings. The molecule has 4 atom stereocenters. The standard InChI is InChI=1S/C45H62N6O8/c1-31(2)38(29-51-26-14-20-39(51)42(55)47-28-33-15-8-6-9-16-33)49-41(54)37(27-32-21-23-35(52)24-22-32)48-40(53)36(50-44(57)59-45(3,4)5)19-12-13-25-46-43(56)58-30-34-17-10-7-11-18-34/h6-11,15-18,21-24,31,36-39,52H,12-14,19-20,25-30H2,1-5H3,(H,46,56)(H,47,55)(H,48,53)(H,49,54)(H,50,57)/t36-,37-,38+,39-/m0/s1. The Morgan fingerprint density at radius 3 is 2.05 bits per heavy atom. The minimum Gasteiger partial charge on any atom is -0.508 e. The van der Waals surface area contributed by atoms with Gasteiger partial charge in [0.25, 0.3) is 0 Å². The smallest absolute Gasteiger partial charge is 0.408 e. The zero-order valence-electron chi connectivity index (χ0n) is 35.0. The highest BCUT2D eigenvalue weighted by Gasteiger charge is 2.35. The van der Waals surface area contributed by atoms with E-state index in [0.717, 1.165) is 17.5 Å². The van der Waals surface area contributed by atoms with Gasteiger partial charge in [0.05, 0.1) is 6.04 Å². The lowest BCUT2D eigenvalue weighted by Gasteiger charge is -2.32. The molecule has 1 aliphatic heterocycles. The first kappa shape index (κ1) is 46.1. The van der Waals surface area contributed by atoms with E-state index in [1.54, 1.807) is 32.9 Å². The molecule has 14 nitrogen and oxygen atoms in total. The van der Waals surface area contributed by atoms with E-state index in [1.807, 2.05) is 74.5 Å². The highest BCUT2D eigenvalue weighted by molar-refractivity contribution is 5.91. The van der Waals surface area contributed by atoms with Crippen molar-refractivity contribution in [2.24, 2.45) is 5.92 Å². The summed E-state index contributed by atoms with van der Waals surface area (Å²) in [5.41, 5.74) is 1.75. The number of phenolic OH excluding ortho intramolecular Hbond substituents is 1. The molecule has 320 valence electrons. The summed E-state index contributed by atoms with van der Waals surface area (Å²) in [6.07, 6.45) is 1.42. The summed E-state index contributed by atoms with van der Waals surface area (Å²) in [6, 6.07) is 22.6. The first-order valence-electron chi connectivity index (χ1n) is 20.5. The van der Waals surface area contributed by atoms with Crippen molar-refractivity contribution in [3.05, 3.63) is 102 Å². The van der Waals surface area contributed by atoms with Gasteiger partial charge in [0.1, 0.15) is 30.0 Å². The lowest BCUT2D eigenvalue weighted by Crippen LogP contribution is -2.58. The van der Waals surface area contributed by atoms with Gasteiger partial charge in [-0.05, 0) is 94.2 Å². The highest BCUT2D eigenvalue weighted by Crippen LogP contribution is 2.20. The zero-order chi connectivity index (χ0) is 42.8. The van der Waals surface area contributed by atoms with Crippen molar-refractivity contribution in [1.82, 2.24) is 31.5 Å². The number of hydrogen-bond acceptors (Lipinski definition) is 9. The van der Waals surface area contributed by atoms with Crippen LogP contribution in [0.1, 0.15) is 83.4 Å². The summed E-state index contributed by atoms with van der Waals surface area (Å²) < 4.78 is 10.7. The number of rotatable bonds is 20. The normalized spacial score (nSPS) is 15.7. The predicted octanol–water partition coefficient (Wildman–Crippen LogP) is 5.33. The van der Waals surface area contributed by atoms with Crippen molar-refractivity contribution in [2.45, 2.75) is 116 Å². The van der Waals surface area contributed by atoms with Crippen LogP contribution in [-0.4, -0.2) is 89.3 Å². The Balaban J connectivity index is 1.41. The number of hydrogen-bond donors (Lipinski definition) is 6. The number of aromatic hydroxyl groups is 1. The molecule has 1 saturated heterocycles. The molecule has 1 heterocycles. The molecule has 1 aliphatic rings. The molecular formula is C45H62N6O8. The Hall–Kier alpha value is -5.63. The molecule has 6 N–H and O–H groups in total. The molecular weight excluding hydrogens is 753 g/mol. The van der Waals surface area contributed by atoms with Gasteiger partial charge in [0.2, 0.25) is 17.7 Å². The molecule has 59 heavy (non-hydrogen) atoms. The third kappa shape index (κ3) is 16.6. The number of phenols is 1. The number of ether oxygens (including phenoxy) is 2. The van der Waals surface area contributed by atoms with Gasteiger partial charge >= 0.3 is 12.2 Å².